The quantitative estimate of drug-likeness (QED) is 0.139. The third-order valence-electron chi connectivity index (χ3n) is 5.18. The lowest BCUT2D eigenvalue weighted by atomic mass is 10.1. The van der Waals surface area contributed by atoms with Crippen LogP contribution < -0.4 is 21.3 Å². The van der Waals surface area contributed by atoms with Gasteiger partial charge in [-0.05, 0) is 17.7 Å². The molecule has 0 saturated heterocycles. The summed E-state index contributed by atoms with van der Waals surface area (Å²) in [4.78, 5) is 83.9. The van der Waals surface area contributed by atoms with Gasteiger partial charge in [0, 0.05) is 37.7 Å². The molecular formula is C25H31N5O9. The zero-order chi connectivity index (χ0) is 28.8. The molecule has 39 heavy (non-hydrogen) atoms. The van der Waals surface area contributed by atoms with Crippen molar-refractivity contribution in [1.29, 1.82) is 0 Å². The highest BCUT2D eigenvalue weighted by Gasteiger charge is 2.25. The van der Waals surface area contributed by atoms with Crippen molar-refractivity contribution in [1.82, 2.24) is 20.9 Å². The van der Waals surface area contributed by atoms with Crippen LogP contribution in [0, 0.1) is 0 Å². The first kappa shape index (κ1) is 30.6. The molecule has 1 aliphatic rings. The molecule has 210 valence electrons. The van der Waals surface area contributed by atoms with Crippen LogP contribution in [0.4, 0.5) is 10.5 Å². The molecule has 14 heteroatoms. The molecule has 1 unspecified atom stereocenters. The first-order chi connectivity index (χ1) is 18.6. The maximum absolute atomic E-state index is 12.6. The van der Waals surface area contributed by atoms with Crippen molar-refractivity contribution in [2.45, 2.75) is 39.3 Å². The smallest absolute Gasteiger partial charge is 0.325 e. The van der Waals surface area contributed by atoms with Crippen molar-refractivity contribution >= 4 is 47.2 Å². The van der Waals surface area contributed by atoms with E-state index in [-0.39, 0.29) is 39.3 Å². The van der Waals surface area contributed by atoms with Crippen molar-refractivity contribution in [3.63, 3.8) is 0 Å². The first-order valence-corrected chi connectivity index (χ1v) is 12.1. The maximum Gasteiger partial charge on any atom is 0.325 e. The second-order valence-electron chi connectivity index (χ2n) is 8.22. The van der Waals surface area contributed by atoms with Crippen LogP contribution in [0.25, 0.3) is 0 Å². The monoisotopic (exact) mass is 545 g/mol. The summed E-state index contributed by atoms with van der Waals surface area (Å²) in [6.45, 7) is 3.24. The number of imide groups is 2. The van der Waals surface area contributed by atoms with Crippen molar-refractivity contribution in [2.75, 3.05) is 31.6 Å². The fourth-order valence-corrected chi connectivity index (χ4v) is 3.17. The Hall–Kier alpha value is -4.59. The van der Waals surface area contributed by atoms with Gasteiger partial charge in [-0.15, -0.1) is 0 Å². The molecule has 0 saturated carbocycles. The number of nitrogens with zero attached hydrogens (tertiary/aromatic N) is 1. The molecule has 1 heterocycles. The number of esters is 1. The molecule has 1 aromatic carbocycles. The molecule has 14 nitrogen and oxygen atoms in total. The van der Waals surface area contributed by atoms with Gasteiger partial charge in [0.25, 0.3) is 17.7 Å². The van der Waals surface area contributed by atoms with Crippen molar-refractivity contribution in [3.05, 3.63) is 42.0 Å². The number of nitrogens with one attached hydrogen (secondary N) is 4. The van der Waals surface area contributed by atoms with E-state index in [0.717, 1.165) is 4.90 Å². The molecular weight excluding hydrogens is 514 g/mol. The third-order valence-corrected chi connectivity index (χ3v) is 5.18. The normalized spacial score (nSPS) is 13.0. The van der Waals surface area contributed by atoms with E-state index in [1.54, 1.807) is 31.2 Å². The average molecular weight is 546 g/mol. The van der Waals surface area contributed by atoms with E-state index in [1.807, 2.05) is 0 Å². The van der Waals surface area contributed by atoms with E-state index < -0.39 is 54.0 Å². The van der Waals surface area contributed by atoms with Gasteiger partial charge >= 0.3 is 12.0 Å². The van der Waals surface area contributed by atoms with E-state index in [1.165, 1.54) is 19.1 Å². The second-order valence-corrected chi connectivity index (χ2v) is 8.22. The minimum atomic E-state index is -1.31. The summed E-state index contributed by atoms with van der Waals surface area (Å²) in [6.07, 6.45) is 1.96. The Kier molecular flexibility index (Phi) is 12.3. The van der Waals surface area contributed by atoms with Gasteiger partial charge in [0.05, 0.1) is 26.2 Å². The summed E-state index contributed by atoms with van der Waals surface area (Å²) < 4.78 is 10.2. The number of anilines is 1. The van der Waals surface area contributed by atoms with Crippen LogP contribution in [0.2, 0.25) is 0 Å². The molecule has 0 aromatic heterocycles. The Labute approximate surface area is 224 Å². The summed E-state index contributed by atoms with van der Waals surface area (Å²) in [6, 6.07) is 4.17. The standard InChI is InChI=1S/C25H31N5O9/c1-3-20(32)28-19(14-21(33)26-10-12-38-13-11-30-22(34)8-9-23(30)35)24(36)29-25(37)27-18-6-4-17(5-7-18)15-39-16(2)31/h4-9,19H,3,10-15H2,1-2H3,(H,26,33)(H,28,32)(H2,27,29,36,37). The molecule has 0 spiro atoms. The third kappa shape index (κ3) is 11.1. The molecule has 0 fully saturated rings. The van der Waals surface area contributed by atoms with Crippen LogP contribution in [-0.4, -0.2) is 78.8 Å². The topological polar surface area (TPSA) is 189 Å². The number of hydrogen-bond acceptors (Lipinski definition) is 9. The Morgan fingerprint density at radius 3 is 2.23 bits per heavy atom. The molecule has 1 atom stereocenters. The number of urea groups is 1. The number of rotatable bonds is 14. The number of ether oxygens (including phenoxy) is 2. The second kappa shape index (κ2) is 15.6. The Morgan fingerprint density at radius 1 is 0.949 bits per heavy atom. The fourth-order valence-electron chi connectivity index (χ4n) is 3.17. The maximum atomic E-state index is 12.6. The number of amides is 7. The molecule has 7 amide bonds. The van der Waals surface area contributed by atoms with E-state index in [4.69, 9.17) is 9.47 Å². The van der Waals surface area contributed by atoms with Gasteiger partial charge in [-0.3, -0.25) is 39.0 Å². The number of hydrogen-bond donors (Lipinski definition) is 4. The predicted octanol–water partition coefficient (Wildman–Crippen LogP) is -0.259. The highest BCUT2D eigenvalue weighted by molar-refractivity contribution is 6.12. The average Bonchev–Trinajstić information content (AvgIpc) is 3.21. The number of benzene rings is 1. The molecule has 0 radical (unpaired) electrons. The lowest BCUT2D eigenvalue weighted by Crippen LogP contribution is -2.51. The van der Waals surface area contributed by atoms with Gasteiger partial charge in [-0.2, -0.15) is 0 Å². The Balaban J connectivity index is 1.77. The van der Waals surface area contributed by atoms with E-state index >= 15 is 0 Å². The molecule has 1 aromatic rings. The molecule has 0 aliphatic carbocycles. The summed E-state index contributed by atoms with van der Waals surface area (Å²) in [5.41, 5.74) is 1.05. The zero-order valence-electron chi connectivity index (χ0n) is 21.6. The van der Waals surface area contributed by atoms with Crippen LogP contribution in [0.15, 0.2) is 36.4 Å². The van der Waals surface area contributed by atoms with Gasteiger partial charge in [0.2, 0.25) is 11.8 Å². The first-order valence-electron chi connectivity index (χ1n) is 12.1. The highest BCUT2D eigenvalue weighted by atomic mass is 16.5. The van der Waals surface area contributed by atoms with Gasteiger partial charge in [-0.1, -0.05) is 19.1 Å². The lowest BCUT2D eigenvalue weighted by molar-refractivity contribution is -0.142. The van der Waals surface area contributed by atoms with E-state index in [2.05, 4.69) is 21.3 Å². The highest BCUT2D eigenvalue weighted by Crippen LogP contribution is 2.10. The molecule has 1 aliphatic heterocycles. The van der Waals surface area contributed by atoms with Gasteiger partial charge in [0.1, 0.15) is 12.6 Å². The number of carbonyl (C=O) groups excluding carboxylic acids is 7. The summed E-state index contributed by atoms with van der Waals surface area (Å²) in [7, 11) is 0. The van der Waals surface area contributed by atoms with Crippen molar-refractivity contribution in [2.24, 2.45) is 0 Å². The van der Waals surface area contributed by atoms with Crippen molar-refractivity contribution < 1.29 is 43.0 Å². The minimum absolute atomic E-state index is 0.0582. The summed E-state index contributed by atoms with van der Waals surface area (Å²) >= 11 is 0. The van der Waals surface area contributed by atoms with Crippen LogP contribution in [-0.2, 0) is 44.8 Å². The molecule has 2 rings (SSSR count). The predicted molar refractivity (Wildman–Crippen MR) is 136 cm³/mol. The summed E-state index contributed by atoms with van der Waals surface area (Å²) in [5, 5.41) is 9.50. The number of carbonyl (C=O) groups is 7. The van der Waals surface area contributed by atoms with E-state index in [9.17, 15) is 33.6 Å². The van der Waals surface area contributed by atoms with Gasteiger partial charge in [-0.25, -0.2) is 4.79 Å². The summed E-state index contributed by atoms with van der Waals surface area (Å²) in [5.74, 6) is -3.22. The Bertz CT molecular complexity index is 1100. The van der Waals surface area contributed by atoms with Crippen LogP contribution >= 0.6 is 0 Å². The van der Waals surface area contributed by atoms with E-state index in [0.29, 0.717) is 11.3 Å². The SMILES string of the molecule is CCC(=O)NC(CC(=O)NCCOCCN1C(=O)C=CC1=O)C(=O)NC(=O)Nc1ccc(COC(C)=O)cc1. The van der Waals surface area contributed by atoms with Gasteiger partial charge < -0.3 is 25.4 Å². The molecule has 0 bridgehead atoms. The van der Waals surface area contributed by atoms with Gasteiger partial charge in [0.15, 0.2) is 0 Å². The van der Waals surface area contributed by atoms with Crippen molar-refractivity contribution in [3.8, 4) is 0 Å². The Morgan fingerprint density at radius 2 is 1.62 bits per heavy atom. The zero-order valence-corrected chi connectivity index (χ0v) is 21.6. The minimum Gasteiger partial charge on any atom is -0.461 e. The van der Waals surface area contributed by atoms with Crippen LogP contribution in [0.1, 0.15) is 32.3 Å². The fraction of sp³-hybridized carbons (Fsp3) is 0.400. The van der Waals surface area contributed by atoms with Crippen LogP contribution in [0.5, 0.6) is 0 Å². The molecule has 4 N–H and O–H groups in total. The lowest BCUT2D eigenvalue weighted by Gasteiger charge is -2.18. The largest absolute Gasteiger partial charge is 0.461 e. The van der Waals surface area contributed by atoms with Crippen LogP contribution in [0.3, 0.4) is 0 Å².